The van der Waals surface area contributed by atoms with Crippen LogP contribution in [-0.4, -0.2) is 14.2 Å². The summed E-state index contributed by atoms with van der Waals surface area (Å²) in [6.45, 7) is 11.4. The van der Waals surface area contributed by atoms with Gasteiger partial charge in [-0.05, 0) is 65.8 Å². The fourth-order valence-corrected chi connectivity index (χ4v) is 6.15. The summed E-state index contributed by atoms with van der Waals surface area (Å²) in [6, 6.07) is 13.9. The molecule has 2 aromatic carbocycles. The minimum Gasteiger partial charge on any atom is -0.493 e. The van der Waals surface area contributed by atoms with Crippen molar-refractivity contribution in [3.05, 3.63) is 58.8 Å². The van der Waals surface area contributed by atoms with Gasteiger partial charge >= 0.3 is 0 Å². The lowest BCUT2D eigenvalue weighted by atomic mass is 9.86. The van der Waals surface area contributed by atoms with Crippen LogP contribution in [0.15, 0.2) is 42.1 Å². The van der Waals surface area contributed by atoms with E-state index in [1.807, 2.05) is 0 Å². The van der Waals surface area contributed by atoms with Crippen LogP contribution in [0, 0.1) is 0 Å². The summed E-state index contributed by atoms with van der Waals surface area (Å²) in [5.41, 5.74) is 6.65. The van der Waals surface area contributed by atoms with Crippen LogP contribution < -0.4 is 14.4 Å². The van der Waals surface area contributed by atoms with Gasteiger partial charge in [-0.15, -0.1) is 0 Å². The number of nitrogens with zero attached hydrogens (tertiary/aromatic N) is 1. The van der Waals surface area contributed by atoms with Gasteiger partial charge in [0.2, 0.25) is 0 Å². The van der Waals surface area contributed by atoms with E-state index >= 15 is 0 Å². The fraction of sp³-hybridized carbons (Fsp3) is 0.622. The van der Waals surface area contributed by atoms with Gasteiger partial charge < -0.3 is 14.4 Å². The second kappa shape index (κ2) is 16.1. The van der Waals surface area contributed by atoms with Crippen molar-refractivity contribution in [1.82, 2.24) is 0 Å². The molecule has 0 saturated heterocycles. The Morgan fingerprint density at radius 2 is 1.20 bits per heavy atom. The third-order valence-corrected chi connectivity index (χ3v) is 8.60. The molecule has 1 aliphatic heterocycles. The average Bonchev–Trinajstić information content (AvgIpc) is 2.94. The first-order valence-electron chi connectivity index (χ1n) is 16.1. The Hall–Kier alpha value is -2.42. The summed E-state index contributed by atoms with van der Waals surface area (Å²) < 4.78 is 11.4. The zero-order valence-corrected chi connectivity index (χ0v) is 26.8. The van der Waals surface area contributed by atoms with Gasteiger partial charge in [0.25, 0.3) is 0 Å². The maximum atomic E-state index is 5.73. The van der Waals surface area contributed by atoms with Crippen LogP contribution in [0.3, 0.4) is 0 Å². The molecule has 40 heavy (non-hydrogen) atoms. The number of benzene rings is 2. The number of methoxy groups -OCH3 is 2. The van der Waals surface area contributed by atoms with Crippen molar-refractivity contribution in [3.63, 3.8) is 0 Å². The standard InChI is InChI=1S/C37H57NO2/c1-8-9-10-11-12-13-14-15-16-17-18-19-20-21-34-33-28-36(40-7)35(39-6)27-30(33)26-29(2)38(34)32-24-22-31(23-25-32)37(3,4)5/h22-28,34H,8-21H2,1-7H3. The molecule has 0 spiro atoms. The van der Waals surface area contributed by atoms with Gasteiger partial charge in [-0.25, -0.2) is 0 Å². The molecule has 3 rings (SSSR count). The van der Waals surface area contributed by atoms with Gasteiger partial charge in [-0.2, -0.15) is 0 Å². The molecule has 2 aromatic rings. The summed E-state index contributed by atoms with van der Waals surface area (Å²) >= 11 is 0. The van der Waals surface area contributed by atoms with Crippen molar-refractivity contribution in [3.8, 4) is 11.5 Å². The lowest BCUT2D eigenvalue weighted by Gasteiger charge is -2.39. The highest BCUT2D eigenvalue weighted by atomic mass is 16.5. The van der Waals surface area contributed by atoms with Crippen molar-refractivity contribution < 1.29 is 9.47 Å². The van der Waals surface area contributed by atoms with E-state index in [1.165, 1.54) is 112 Å². The molecule has 1 heterocycles. The predicted octanol–water partition coefficient (Wildman–Crippen LogP) is 11.4. The highest BCUT2D eigenvalue weighted by molar-refractivity contribution is 5.72. The van der Waals surface area contributed by atoms with E-state index in [-0.39, 0.29) is 11.5 Å². The minimum absolute atomic E-state index is 0.149. The van der Waals surface area contributed by atoms with Gasteiger partial charge in [-0.1, -0.05) is 123 Å². The number of hydrogen-bond acceptors (Lipinski definition) is 3. The summed E-state index contributed by atoms with van der Waals surface area (Å²) in [7, 11) is 3.45. The van der Waals surface area contributed by atoms with Gasteiger partial charge in [0.15, 0.2) is 11.5 Å². The van der Waals surface area contributed by atoms with Crippen molar-refractivity contribution in [2.75, 3.05) is 19.1 Å². The van der Waals surface area contributed by atoms with E-state index in [4.69, 9.17) is 9.47 Å². The molecule has 1 unspecified atom stereocenters. The molecule has 0 aliphatic carbocycles. The van der Waals surface area contributed by atoms with E-state index in [9.17, 15) is 0 Å². The molecule has 1 atom stereocenters. The molecular formula is C37H57NO2. The van der Waals surface area contributed by atoms with Crippen LogP contribution in [-0.2, 0) is 5.41 Å². The first-order valence-corrected chi connectivity index (χ1v) is 16.1. The molecule has 0 amide bonds. The second-order valence-electron chi connectivity index (χ2n) is 12.8. The maximum absolute atomic E-state index is 5.73. The van der Waals surface area contributed by atoms with Crippen molar-refractivity contribution in [1.29, 1.82) is 0 Å². The van der Waals surface area contributed by atoms with Crippen molar-refractivity contribution in [2.45, 2.75) is 136 Å². The summed E-state index contributed by atoms with van der Waals surface area (Å²) in [5.74, 6) is 1.61. The van der Waals surface area contributed by atoms with Gasteiger partial charge in [0, 0.05) is 11.4 Å². The number of rotatable bonds is 17. The zero-order chi connectivity index (χ0) is 29.0. The van der Waals surface area contributed by atoms with E-state index in [0.717, 1.165) is 17.9 Å². The molecule has 0 radical (unpaired) electrons. The van der Waals surface area contributed by atoms with Gasteiger partial charge in [0.05, 0.1) is 20.3 Å². The normalized spacial score (nSPS) is 15.1. The lowest BCUT2D eigenvalue weighted by molar-refractivity contribution is 0.353. The number of ether oxygens (including phenoxy) is 2. The number of fused-ring (bicyclic) bond motifs is 1. The monoisotopic (exact) mass is 547 g/mol. The molecule has 222 valence electrons. The van der Waals surface area contributed by atoms with E-state index in [2.05, 4.69) is 82.0 Å². The van der Waals surface area contributed by atoms with Crippen LogP contribution in [0.4, 0.5) is 5.69 Å². The number of unbranched alkanes of at least 4 members (excludes halogenated alkanes) is 12. The average molecular weight is 548 g/mol. The number of allylic oxidation sites excluding steroid dienone is 1. The van der Waals surface area contributed by atoms with Crippen LogP contribution in [0.5, 0.6) is 11.5 Å². The molecule has 3 nitrogen and oxygen atoms in total. The molecule has 0 fully saturated rings. The van der Waals surface area contributed by atoms with E-state index in [1.54, 1.807) is 14.2 Å². The topological polar surface area (TPSA) is 21.7 Å². The number of anilines is 1. The predicted molar refractivity (Wildman–Crippen MR) is 174 cm³/mol. The zero-order valence-electron chi connectivity index (χ0n) is 26.8. The molecule has 3 heteroatoms. The third kappa shape index (κ3) is 9.05. The van der Waals surface area contributed by atoms with Crippen LogP contribution in [0.1, 0.15) is 147 Å². The highest BCUT2D eigenvalue weighted by Gasteiger charge is 2.29. The Morgan fingerprint density at radius 3 is 1.70 bits per heavy atom. The summed E-state index contributed by atoms with van der Waals surface area (Å²) in [4.78, 5) is 2.54. The first kappa shape index (κ1) is 32.1. The molecule has 0 bridgehead atoms. The van der Waals surface area contributed by atoms with Crippen molar-refractivity contribution >= 4 is 11.8 Å². The fourth-order valence-electron chi connectivity index (χ4n) is 6.15. The first-order chi connectivity index (χ1) is 19.3. The molecule has 0 saturated carbocycles. The molecule has 0 aromatic heterocycles. The second-order valence-corrected chi connectivity index (χ2v) is 12.8. The molecular weight excluding hydrogens is 490 g/mol. The van der Waals surface area contributed by atoms with Crippen LogP contribution >= 0.6 is 0 Å². The minimum atomic E-state index is 0.149. The summed E-state index contributed by atoms with van der Waals surface area (Å²) in [6.07, 6.45) is 21.4. The Bertz CT molecular complexity index is 1050. The highest BCUT2D eigenvalue weighted by Crippen LogP contribution is 2.44. The Labute approximate surface area is 246 Å². The largest absolute Gasteiger partial charge is 0.493 e. The SMILES string of the molecule is CCCCCCCCCCCCCCCC1c2cc(OC)c(OC)cc2C=C(C)N1c1ccc(C(C)(C)C)cc1. The Kier molecular flexibility index (Phi) is 12.9. The molecule has 0 N–H and O–H groups in total. The summed E-state index contributed by atoms with van der Waals surface area (Å²) in [5, 5.41) is 0. The molecule has 1 aliphatic rings. The van der Waals surface area contributed by atoms with Crippen LogP contribution in [0.2, 0.25) is 0 Å². The van der Waals surface area contributed by atoms with E-state index < -0.39 is 0 Å². The Morgan fingerprint density at radius 1 is 0.700 bits per heavy atom. The third-order valence-electron chi connectivity index (χ3n) is 8.60. The van der Waals surface area contributed by atoms with Crippen LogP contribution in [0.25, 0.3) is 6.08 Å². The lowest BCUT2D eigenvalue weighted by Crippen LogP contribution is -2.30. The van der Waals surface area contributed by atoms with E-state index in [0.29, 0.717) is 0 Å². The maximum Gasteiger partial charge on any atom is 0.161 e. The number of hydrogen-bond donors (Lipinski definition) is 0. The van der Waals surface area contributed by atoms with Gasteiger partial charge in [0.1, 0.15) is 0 Å². The van der Waals surface area contributed by atoms with Crippen molar-refractivity contribution in [2.24, 2.45) is 0 Å². The van der Waals surface area contributed by atoms with Gasteiger partial charge in [-0.3, -0.25) is 0 Å². The quantitative estimate of drug-likeness (QED) is 0.184. The Balaban J connectivity index is 1.63. The smallest absolute Gasteiger partial charge is 0.161 e.